The number of aliphatic hydroxyl groups excluding tert-OH is 1. The lowest BCUT2D eigenvalue weighted by Gasteiger charge is -2.16. The third kappa shape index (κ3) is 9.22. The Labute approximate surface area is 144 Å². The molecule has 0 fully saturated rings. The van der Waals surface area contributed by atoms with Crippen molar-refractivity contribution >= 4 is 17.9 Å². The highest BCUT2D eigenvalue weighted by Crippen LogP contribution is 2.11. The Kier molecular flexibility index (Phi) is 9.74. The Morgan fingerprint density at radius 1 is 1.32 bits per heavy atom. The number of carboxylic acid groups (broad SMARTS) is 1. The lowest BCUT2D eigenvalue weighted by atomic mass is 10.2. The zero-order chi connectivity index (χ0) is 19.6. The van der Waals surface area contributed by atoms with E-state index >= 15 is 0 Å². The molecular weight excluding hydrogens is 336 g/mol. The Morgan fingerprint density at radius 2 is 1.88 bits per heavy atom. The smallest absolute Gasteiger partial charge is 0.328 e. The summed E-state index contributed by atoms with van der Waals surface area (Å²) in [5.41, 5.74) is 10.2. The van der Waals surface area contributed by atoms with Gasteiger partial charge in [-0.2, -0.15) is 0 Å². The van der Waals surface area contributed by atoms with Gasteiger partial charge in [-0.05, 0) is 13.3 Å². The SMILES string of the molecule is CC(N)=O.CCC(N)c1nnc(CNC(=O)NC(C(=O)O)C(C)O)o1. The largest absolute Gasteiger partial charge is 0.480 e. The molecule has 0 aromatic carbocycles. The van der Waals surface area contributed by atoms with E-state index in [0.717, 1.165) is 0 Å². The molecule has 1 aromatic heterocycles. The number of aromatic nitrogens is 2. The van der Waals surface area contributed by atoms with Crippen LogP contribution in [0.5, 0.6) is 0 Å². The molecule has 0 spiro atoms. The van der Waals surface area contributed by atoms with Gasteiger partial charge in [-0.25, -0.2) is 9.59 Å². The normalized spacial score (nSPS) is 13.6. The Balaban J connectivity index is 0.00000129. The minimum atomic E-state index is -1.41. The maximum absolute atomic E-state index is 11.5. The molecule has 1 aromatic rings. The maximum Gasteiger partial charge on any atom is 0.328 e. The van der Waals surface area contributed by atoms with Gasteiger partial charge >= 0.3 is 12.0 Å². The topological polar surface area (TPSA) is 207 Å². The summed E-state index contributed by atoms with van der Waals surface area (Å²) in [6.07, 6.45) is -0.602. The highest BCUT2D eigenvalue weighted by Gasteiger charge is 2.25. The first-order chi connectivity index (χ1) is 11.6. The van der Waals surface area contributed by atoms with Crippen LogP contribution in [0, 0.1) is 0 Å². The van der Waals surface area contributed by atoms with E-state index in [1.54, 1.807) is 0 Å². The van der Waals surface area contributed by atoms with Gasteiger partial charge in [0, 0.05) is 6.92 Å². The molecule has 0 aliphatic rings. The van der Waals surface area contributed by atoms with Crippen LogP contribution in [0.25, 0.3) is 0 Å². The third-order valence-electron chi connectivity index (χ3n) is 2.67. The molecule has 0 aliphatic heterocycles. The van der Waals surface area contributed by atoms with Crippen LogP contribution < -0.4 is 22.1 Å². The molecule has 12 nitrogen and oxygen atoms in total. The van der Waals surface area contributed by atoms with Crippen molar-refractivity contribution in [2.45, 2.75) is 51.9 Å². The first-order valence-corrected chi connectivity index (χ1v) is 7.37. The van der Waals surface area contributed by atoms with Crippen molar-refractivity contribution in [3.05, 3.63) is 11.8 Å². The van der Waals surface area contributed by atoms with E-state index in [-0.39, 0.29) is 30.3 Å². The van der Waals surface area contributed by atoms with Crippen LogP contribution in [0.4, 0.5) is 4.79 Å². The summed E-state index contributed by atoms with van der Waals surface area (Å²) >= 11 is 0. The van der Waals surface area contributed by atoms with Crippen LogP contribution in [0.15, 0.2) is 4.42 Å². The lowest BCUT2D eigenvalue weighted by Crippen LogP contribution is -2.51. The first kappa shape index (κ1) is 22.3. The summed E-state index contributed by atoms with van der Waals surface area (Å²) in [4.78, 5) is 31.5. The second-order valence-electron chi connectivity index (χ2n) is 5.04. The highest BCUT2D eigenvalue weighted by atomic mass is 16.4. The zero-order valence-electron chi connectivity index (χ0n) is 14.2. The number of rotatable bonds is 7. The van der Waals surface area contributed by atoms with Crippen molar-refractivity contribution in [1.29, 1.82) is 0 Å². The van der Waals surface area contributed by atoms with Gasteiger partial charge < -0.3 is 36.7 Å². The second-order valence-corrected chi connectivity index (χ2v) is 5.04. The summed E-state index contributed by atoms with van der Waals surface area (Å²) in [5, 5.41) is 29.9. The van der Waals surface area contributed by atoms with E-state index in [2.05, 4.69) is 26.6 Å². The fraction of sp³-hybridized carbons (Fsp3) is 0.615. The number of primary amides is 1. The second kappa shape index (κ2) is 10.9. The molecule has 3 amide bonds. The van der Waals surface area contributed by atoms with E-state index in [9.17, 15) is 19.5 Å². The number of aliphatic hydroxyl groups is 1. The van der Waals surface area contributed by atoms with Gasteiger partial charge in [-0.1, -0.05) is 6.92 Å². The number of hydrogen-bond donors (Lipinski definition) is 6. The van der Waals surface area contributed by atoms with Gasteiger partial charge in [-0.3, -0.25) is 4.79 Å². The number of nitrogens with two attached hydrogens (primary N) is 2. The van der Waals surface area contributed by atoms with Gasteiger partial charge in [-0.15, -0.1) is 10.2 Å². The molecule has 25 heavy (non-hydrogen) atoms. The number of carboxylic acids is 1. The summed E-state index contributed by atoms with van der Waals surface area (Å²) < 4.78 is 5.23. The van der Waals surface area contributed by atoms with Crippen molar-refractivity contribution < 1.29 is 29.0 Å². The molecule has 0 bridgehead atoms. The molecule has 142 valence electrons. The van der Waals surface area contributed by atoms with Crippen molar-refractivity contribution in [1.82, 2.24) is 20.8 Å². The molecule has 0 radical (unpaired) electrons. The number of aliphatic carboxylic acids is 1. The summed E-state index contributed by atoms with van der Waals surface area (Å²) in [7, 11) is 0. The van der Waals surface area contributed by atoms with E-state index in [4.69, 9.17) is 15.3 Å². The molecule has 1 rings (SSSR count). The minimum absolute atomic E-state index is 0.0819. The van der Waals surface area contributed by atoms with Crippen LogP contribution in [0.1, 0.15) is 45.0 Å². The predicted octanol–water partition coefficient (Wildman–Crippen LogP) is -1.40. The van der Waals surface area contributed by atoms with E-state index < -0.39 is 24.1 Å². The first-order valence-electron chi connectivity index (χ1n) is 7.37. The molecule has 0 saturated carbocycles. The van der Waals surface area contributed by atoms with Crippen LogP contribution >= 0.6 is 0 Å². The number of carbonyl (C=O) groups excluding carboxylic acids is 2. The number of hydrogen-bond acceptors (Lipinski definition) is 8. The van der Waals surface area contributed by atoms with Crippen molar-refractivity contribution in [3.8, 4) is 0 Å². The lowest BCUT2D eigenvalue weighted by molar-refractivity contribution is -0.141. The minimum Gasteiger partial charge on any atom is -0.480 e. The fourth-order valence-electron chi connectivity index (χ4n) is 1.40. The zero-order valence-corrected chi connectivity index (χ0v) is 14.2. The van der Waals surface area contributed by atoms with Gasteiger partial charge in [0.15, 0.2) is 6.04 Å². The Hall–Kier alpha value is -2.73. The van der Waals surface area contributed by atoms with Crippen molar-refractivity contribution in [2.24, 2.45) is 11.5 Å². The summed E-state index contributed by atoms with van der Waals surface area (Å²) in [5.74, 6) is -1.26. The molecule has 8 N–H and O–H groups in total. The highest BCUT2D eigenvalue weighted by molar-refractivity contribution is 5.82. The Morgan fingerprint density at radius 3 is 2.32 bits per heavy atom. The van der Waals surface area contributed by atoms with Gasteiger partial charge in [0.05, 0.1) is 18.7 Å². The summed E-state index contributed by atoms with van der Waals surface area (Å²) in [6.45, 7) is 4.35. The monoisotopic (exact) mass is 360 g/mol. The molecular formula is C13H24N6O6. The number of amides is 3. The molecule has 3 unspecified atom stereocenters. The van der Waals surface area contributed by atoms with E-state index in [0.29, 0.717) is 6.42 Å². The maximum atomic E-state index is 11.5. The Bertz CT molecular complexity index is 571. The number of urea groups is 1. The number of carbonyl (C=O) groups is 3. The average molecular weight is 360 g/mol. The van der Waals surface area contributed by atoms with E-state index in [1.807, 2.05) is 6.92 Å². The average Bonchev–Trinajstić information content (AvgIpc) is 2.97. The van der Waals surface area contributed by atoms with Crippen LogP contribution in [0.2, 0.25) is 0 Å². The predicted molar refractivity (Wildman–Crippen MR) is 84.9 cm³/mol. The molecule has 12 heteroatoms. The molecule has 1 heterocycles. The third-order valence-corrected chi connectivity index (χ3v) is 2.67. The van der Waals surface area contributed by atoms with Gasteiger partial charge in [0.2, 0.25) is 17.7 Å². The van der Waals surface area contributed by atoms with Crippen molar-refractivity contribution in [2.75, 3.05) is 0 Å². The van der Waals surface area contributed by atoms with E-state index in [1.165, 1.54) is 13.8 Å². The molecule has 0 aliphatic carbocycles. The van der Waals surface area contributed by atoms with Crippen LogP contribution in [-0.2, 0) is 16.1 Å². The van der Waals surface area contributed by atoms with Crippen molar-refractivity contribution in [3.63, 3.8) is 0 Å². The molecule has 0 saturated heterocycles. The fourth-order valence-corrected chi connectivity index (χ4v) is 1.40. The van der Waals surface area contributed by atoms with Gasteiger partial charge in [0.25, 0.3) is 0 Å². The number of nitrogens with one attached hydrogen (secondary N) is 2. The molecule has 3 atom stereocenters. The standard InChI is InChI=1S/C11H19N5O5.C2H5NO/c1-3-6(12)9-16-15-7(21-9)4-13-11(20)14-8(5(2)17)10(18)19;1-2(3)4/h5-6,8,17H,3-4,12H2,1-2H3,(H,18,19)(H2,13,14,20);1H3,(H2,3,4). The van der Waals surface area contributed by atoms with Crippen LogP contribution in [-0.4, -0.2) is 50.5 Å². The van der Waals surface area contributed by atoms with Crippen LogP contribution in [0.3, 0.4) is 0 Å². The number of nitrogens with zero attached hydrogens (tertiary/aromatic N) is 2. The van der Waals surface area contributed by atoms with Gasteiger partial charge in [0.1, 0.15) is 0 Å². The quantitative estimate of drug-likeness (QED) is 0.337. The summed E-state index contributed by atoms with van der Waals surface area (Å²) in [6, 6.07) is -2.55.